The number of anilines is 1. The van der Waals surface area contributed by atoms with Gasteiger partial charge in [-0.25, -0.2) is 17.9 Å². The zero-order valence-corrected chi connectivity index (χ0v) is 19.0. The van der Waals surface area contributed by atoms with Gasteiger partial charge >= 0.3 is 0 Å². The molecule has 1 amide bonds. The van der Waals surface area contributed by atoms with Gasteiger partial charge in [0.1, 0.15) is 18.6 Å². The van der Waals surface area contributed by atoms with Crippen LogP contribution >= 0.6 is 0 Å². The normalized spacial score (nSPS) is 19.3. The number of rotatable bonds is 6. The van der Waals surface area contributed by atoms with Gasteiger partial charge in [-0.15, -0.1) is 0 Å². The van der Waals surface area contributed by atoms with Crippen LogP contribution < -0.4 is 10.1 Å². The molecule has 0 aromatic carbocycles. The first-order chi connectivity index (χ1) is 15.5. The third-order valence-electron chi connectivity index (χ3n) is 5.81. The first kappa shape index (κ1) is 23.3. The maximum atomic E-state index is 13.5. The number of amides is 1. The number of carbonyl (C=O) groups excluding carboxylic acids is 1. The summed E-state index contributed by atoms with van der Waals surface area (Å²) < 4.78 is 47.3. The van der Waals surface area contributed by atoms with E-state index >= 15 is 0 Å². The van der Waals surface area contributed by atoms with Crippen LogP contribution in [-0.4, -0.2) is 61.7 Å². The number of likely N-dealkylation sites (tertiary alicyclic amines) is 1. The Kier molecular flexibility index (Phi) is 6.24. The number of halogens is 3. The molecule has 4 rings (SSSR count). The van der Waals surface area contributed by atoms with Crippen molar-refractivity contribution in [2.24, 2.45) is 5.41 Å². The van der Waals surface area contributed by atoms with E-state index in [2.05, 4.69) is 20.4 Å². The van der Waals surface area contributed by atoms with Gasteiger partial charge in [0.05, 0.1) is 18.8 Å². The minimum Gasteiger partial charge on any atom is -0.470 e. The maximum absolute atomic E-state index is 13.5. The summed E-state index contributed by atoms with van der Waals surface area (Å²) in [6.45, 7) is 5.79. The highest BCUT2D eigenvalue weighted by Crippen LogP contribution is 2.34. The fraction of sp³-hybridized carbons (Fsp3) is 0.636. The molecule has 0 spiro atoms. The van der Waals surface area contributed by atoms with Gasteiger partial charge in [-0.2, -0.15) is 15.1 Å². The monoisotopic (exact) mass is 466 g/mol. The molecule has 11 heteroatoms. The van der Waals surface area contributed by atoms with Crippen molar-refractivity contribution in [1.82, 2.24) is 24.6 Å². The predicted octanol–water partition coefficient (Wildman–Crippen LogP) is 3.76. The third kappa shape index (κ3) is 5.56. The van der Waals surface area contributed by atoms with E-state index in [9.17, 15) is 18.0 Å². The Morgan fingerprint density at radius 3 is 2.55 bits per heavy atom. The summed E-state index contributed by atoms with van der Waals surface area (Å²) in [7, 11) is 0. The highest BCUT2D eigenvalue weighted by Gasteiger charge is 2.38. The summed E-state index contributed by atoms with van der Waals surface area (Å²) in [5.74, 6) is -1.70. The molecule has 1 aliphatic heterocycles. The second-order valence-corrected chi connectivity index (χ2v) is 9.75. The van der Waals surface area contributed by atoms with Crippen LogP contribution in [0.25, 0.3) is 5.95 Å². The first-order valence-corrected chi connectivity index (χ1v) is 11.1. The SMILES string of the molecule is CC(C)(C)C(=O)N1CC(Oc2cc(NC3CCC(F)(F)CC3)nc(-n3ccc(CF)n3)n2)C1. The molecule has 33 heavy (non-hydrogen) atoms. The topological polar surface area (TPSA) is 85.2 Å². The zero-order chi connectivity index (χ0) is 23.8. The van der Waals surface area contributed by atoms with E-state index < -0.39 is 18.0 Å². The fourth-order valence-corrected chi connectivity index (χ4v) is 3.91. The van der Waals surface area contributed by atoms with Crippen molar-refractivity contribution in [3.63, 3.8) is 0 Å². The Bertz CT molecular complexity index is 990. The van der Waals surface area contributed by atoms with Gasteiger partial charge in [-0.3, -0.25) is 4.79 Å². The molecule has 2 aliphatic rings. The van der Waals surface area contributed by atoms with Gasteiger partial charge in [-0.05, 0) is 18.9 Å². The van der Waals surface area contributed by atoms with E-state index in [4.69, 9.17) is 4.74 Å². The smallest absolute Gasteiger partial charge is 0.255 e. The van der Waals surface area contributed by atoms with E-state index in [1.54, 1.807) is 17.2 Å². The molecule has 1 saturated carbocycles. The van der Waals surface area contributed by atoms with Crippen LogP contribution in [0.2, 0.25) is 0 Å². The van der Waals surface area contributed by atoms with Crippen LogP contribution in [0.3, 0.4) is 0 Å². The van der Waals surface area contributed by atoms with E-state index in [0.29, 0.717) is 31.7 Å². The van der Waals surface area contributed by atoms with Gasteiger partial charge in [0, 0.05) is 36.6 Å². The standard InChI is InChI=1S/C22H29F3N6O2/c1-21(2,3)19(32)30-12-16(13-30)33-18-10-17(26-14-4-7-22(24,25)8-5-14)27-20(28-18)31-9-6-15(11-23)29-31/h6,9-10,14,16H,4-5,7-8,11-13H2,1-3H3,(H,26,27,28). The van der Waals surface area contributed by atoms with Crippen molar-refractivity contribution in [2.45, 2.75) is 71.2 Å². The van der Waals surface area contributed by atoms with Crippen LogP contribution in [-0.2, 0) is 11.5 Å². The highest BCUT2D eigenvalue weighted by molar-refractivity contribution is 5.82. The van der Waals surface area contributed by atoms with Crippen molar-refractivity contribution in [3.8, 4) is 11.8 Å². The summed E-state index contributed by atoms with van der Waals surface area (Å²) in [5.41, 5.74) is -0.223. The summed E-state index contributed by atoms with van der Waals surface area (Å²) in [6.07, 6.45) is 1.62. The number of aromatic nitrogens is 4. The van der Waals surface area contributed by atoms with Crippen molar-refractivity contribution >= 4 is 11.7 Å². The molecule has 2 aromatic rings. The number of hydrogen-bond donors (Lipinski definition) is 1. The molecule has 1 aliphatic carbocycles. The Morgan fingerprint density at radius 2 is 1.94 bits per heavy atom. The molecule has 180 valence electrons. The minimum atomic E-state index is -2.62. The second-order valence-electron chi connectivity index (χ2n) is 9.75. The summed E-state index contributed by atoms with van der Waals surface area (Å²) in [5, 5.41) is 7.31. The molecular formula is C22H29F3N6O2. The highest BCUT2D eigenvalue weighted by atomic mass is 19.3. The van der Waals surface area contributed by atoms with Crippen LogP contribution in [0.15, 0.2) is 18.3 Å². The van der Waals surface area contributed by atoms with Gasteiger partial charge in [0.15, 0.2) is 0 Å². The number of nitrogens with one attached hydrogen (secondary N) is 1. The lowest BCUT2D eigenvalue weighted by atomic mass is 9.92. The number of hydrogen-bond acceptors (Lipinski definition) is 6. The van der Waals surface area contributed by atoms with Crippen molar-refractivity contribution in [1.29, 1.82) is 0 Å². The summed E-state index contributed by atoms with van der Waals surface area (Å²) >= 11 is 0. The Labute approximate surface area is 190 Å². The Balaban J connectivity index is 1.49. The van der Waals surface area contributed by atoms with Gasteiger partial charge in [0.25, 0.3) is 5.95 Å². The minimum absolute atomic E-state index is 0.0532. The molecule has 8 nitrogen and oxygen atoms in total. The van der Waals surface area contributed by atoms with Gasteiger partial charge in [-0.1, -0.05) is 20.8 Å². The lowest BCUT2D eigenvalue weighted by Crippen LogP contribution is -2.58. The number of nitrogens with zero attached hydrogens (tertiary/aromatic N) is 5. The van der Waals surface area contributed by atoms with E-state index in [1.807, 2.05) is 20.8 Å². The Hall–Kier alpha value is -2.85. The average Bonchev–Trinajstić information content (AvgIpc) is 3.20. The fourth-order valence-electron chi connectivity index (χ4n) is 3.91. The molecule has 0 radical (unpaired) electrons. The molecule has 0 atom stereocenters. The van der Waals surface area contributed by atoms with E-state index in [1.165, 1.54) is 10.7 Å². The van der Waals surface area contributed by atoms with Crippen LogP contribution in [0, 0.1) is 5.41 Å². The lowest BCUT2D eigenvalue weighted by Gasteiger charge is -2.41. The van der Waals surface area contributed by atoms with E-state index in [-0.39, 0.29) is 48.4 Å². The zero-order valence-electron chi connectivity index (χ0n) is 19.0. The van der Waals surface area contributed by atoms with Crippen molar-refractivity contribution in [2.75, 3.05) is 18.4 Å². The second kappa shape index (κ2) is 8.83. The Morgan fingerprint density at radius 1 is 1.24 bits per heavy atom. The molecule has 2 fully saturated rings. The van der Waals surface area contributed by atoms with Crippen LogP contribution in [0.5, 0.6) is 5.88 Å². The molecule has 3 heterocycles. The maximum Gasteiger partial charge on any atom is 0.255 e. The molecule has 0 bridgehead atoms. The van der Waals surface area contributed by atoms with E-state index in [0.717, 1.165) is 0 Å². The average molecular weight is 467 g/mol. The molecule has 2 aromatic heterocycles. The lowest BCUT2D eigenvalue weighted by molar-refractivity contribution is -0.148. The molecule has 0 unspecified atom stereocenters. The third-order valence-corrected chi connectivity index (χ3v) is 5.81. The quantitative estimate of drug-likeness (QED) is 0.698. The molecule has 1 N–H and O–H groups in total. The van der Waals surface area contributed by atoms with Crippen LogP contribution in [0.4, 0.5) is 19.0 Å². The first-order valence-electron chi connectivity index (χ1n) is 11.1. The van der Waals surface area contributed by atoms with Crippen molar-refractivity contribution < 1.29 is 22.7 Å². The summed E-state index contributed by atoms with van der Waals surface area (Å²) in [4.78, 5) is 22.9. The predicted molar refractivity (Wildman–Crippen MR) is 115 cm³/mol. The molecular weight excluding hydrogens is 437 g/mol. The largest absolute Gasteiger partial charge is 0.470 e. The molecule has 1 saturated heterocycles. The van der Waals surface area contributed by atoms with Crippen molar-refractivity contribution in [3.05, 3.63) is 24.0 Å². The van der Waals surface area contributed by atoms with Crippen LogP contribution in [0.1, 0.15) is 52.1 Å². The summed E-state index contributed by atoms with van der Waals surface area (Å²) in [6, 6.07) is 2.99. The van der Waals surface area contributed by atoms with Gasteiger partial charge in [0.2, 0.25) is 17.7 Å². The number of alkyl halides is 3. The number of ether oxygens (including phenoxy) is 1. The van der Waals surface area contributed by atoms with Gasteiger partial charge < -0.3 is 15.0 Å². The number of carbonyl (C=O) groups is 1.